The van der Waals surface area contributed by atoms with Crippen LogP contribution in [0.15, 0.2) is 46.9 Å². The molecule has 26 heavy (non-hydrogen) atoms. The molecule has 0 saturated carbocycles. The van der Waals surface area contributed by atoms with Gasteiger partial charge in [-0.2, -0.15) is 0 Å². The van der Waals surface area contributed by atoms with Crippen molar-refractivity contribution >= 4 is 39.1 Å². The molecule has 6 heteroatoms. The Morgan fingerprint density at radius 3 is 2.31 bits per heavy atom. The number of benzene rings is 2. The SMILES string of the molecule is Cc1ccc(NC(=O)C(C)(C)C)cc1NC(=O)COc1ccc(Br)cc1. The summed E-state index contributed by atoms with van der Waals surface area (Å²) in [6, 6.07) is 12.7. The summed E-state index contributed by atoms with van der Waals surface area (Å²) < 4.78 is 6.42. The molecular weight excluding hydrogens is 396 g/mol. The second-order valence-electron chi connectivity index (χ2n) is 7.02. The number of anilines is 2. The molecule has 2 rings (SSSR count). The topological polar surface area (TPSA) is 67.4 Å². The van der Waals surface area contributed by atoms with Crippen molar-refractivity contribution in [2.45, 2.75) is 27.7 Å². The van der Waals surface area contributed by atoms with Crippen LogP contribution in [0, 0.1) is 12.3 Å². The molecule has 2 aromatic rings. The van der Waals surface area contributed by atoms with Crippen molar-refractivity contribution in [1.82, 2.24) is 0 Å². The van der Waals surface area contributed by atoms with E-state index in [0.717, 1.165) is 10.0 Å². The second-order valence-corrected chi connectivity index (χ2v) is 7.94. The third-order valence-electron chi connectivity index (χ3n) is 3.63. The lowest BCUT2D eigenvalue weighted by atomic mass is 9.95. The molecule has 0 atom stereocenters. The Bertz CT molecular complexity index is 796. The van der Waals surface area contributed by atoms with E-state index in [1.165, 1.54) is 0 Å². The number of hydrogen-bond acceptors (Lipinski definition) is 3. The first-order valence-electron chi connectivity index (χ1n) is 8.25. The van der Waals surface area contributed by atoms with Crippen molar-refractivity contribution in [2.75, 3.05) is 17.2 Å². The number of rotatable bonds is 5. The summed E-state index contributed by atoms with van der Waals surface area (Å²) in [4.78, 5) is 24.3. The molecule has 0 spiro atoms. The van der Waals surface area contributed by atoms with Gasteiger partial charge in [0.15, 0.2) is 6.61 Å². The van der Waals surface area contributed by atoms with E-state index in [1.807, 2.05) is 52.0 Å². The smallest absolute Gasteiger partial charge is 0.262 e. The van der Waals surface area contributed by atoms with Gasteiger partial charge in [0.1, 0.15) is 5.75 Å². The molecule has 5 nitrogen and oxygen atoms in total. The standard InChI is InChI=1S/C20H23BrN2O3/c1-13-5-8-15(22-19(25)20(2,3)4)11-17(13)23-18(24)12-26-16-9-6-14(21)7-10-16/h5-11H,12H2,1-4H3,(H,22,25)(H,23,24). The Kier molecular flexibility index (Phi) is 6.42. The zero-order valence-corrected chi connectivity index (χ0v) is 16.9. The van der Waals surface area contributed by atoms with Crippen LogP contribution in [0.5, 0.6) is 5.75 Å². The largest absolute Gasteiger partial charge is 0.484 e. The van der Waals surface area contributed by atoms with Crippen LogP contribution in [-0.4, -0.2) is 18.4 Å². The van der Waals surface area contributed by atoms with E-state index >= 15 is 0 Å². The van der Waals surface area contributed by atoms with Crippen LogP contribution < -0.4 is 15.4 Å². The fourth-order valence-electron chi connectivity index (χ4n) is 2.02. The molecule has 0 aliphatic carbocycles. The predicted octanol–water partition coefficient (Wildman–Crippen LogP) is 4.76. The van der Waals surface area contributed by atoms with Crippen LogP contribution in [0.25, 0.3) is 0 Å². The third-order valence-corrected chi connectivity index (χ3v) is 4.16. The van der Waals surface area contributed by atoms with Gasteiger partial charge in [0.05, 0.1) is 0 Å². The highest BCUT2D eigenvalue weighted by Gasteiger charge is 2.21. The van der Waals surface area contributed by atoms with Crippen molar-refractivity contribution in [3.05, 3.63) is 52.5 Å². The molecule has 0 aromatic heterocycles. The van der Waals surface area contributed by atoms with Crippen LogP contribution in [0.4, 0.5) is 11.4 Å². The first kappa shape index (κ1) is 20.0. The van der Waals surface area contributed by atoms with Crippen molar-refractivity contribution in [1.29, 1.82) is 0 Å². The van der Waals surface area contributed by atoms with Crippen molar-refractivity contribution in [3.8, 4) is 5.75 Å². The molecule has 0 aliphatic heterocycles. The normalized spacial score (nSPS) is 11.0. The van der Waals surface area contributed by atoms with E-state index in [-0.39, 0.29) is 18.4 Å². The number of ether oxygens (including phenoxy) is 1. The minimum absolute atomic E-state index is 0.0859. The summed E-state index contributed by atoms with van der Waals surface area (Å²) in [6.45, 7) is 7.33. The Morgan fingerprint density at radius 1 is 1.04 bits per heavy atom. The van der Waals surface area contributed by atoms with Gasteiger partial charge in [-0.3, -0.25) is 9.59 Å². The monoisotopic (exact) mass is 418 g/mol. The zero-order chi connectivity index (χ0) is 19.3. The Balaban J connectivity index is 1.99. The van der Waals surface area contributed by atoms with Gasteiger partial charge in [0.25, 0.3) is 5.91 Å². The summed E-state index contributed by atoms with van der Waals surface area (Å²) in [7, 11) is 0. The lowest BCUT2D eigenvalue weighted by molar-refractivity contribution is -0.123. The van der Waals surface area contributed by atoms with Gasteiger partial charge in [0, 0.05) is 21.3 Å². The Labute approximate surface area is 162 Å². The van der Waals surface area contributed by atoms with Crippen molar-refractivity contribution in [2.24, 2.45) is 5.41 Å². The minimum Gasteiger partial charge on any atom is -0.484 e. The van der Waals surface area contributed by atoms with Gasteiger partial charge in [0.2, 0.25) is 5.91 Å². The van der Waals surface area contributed by atoms with Crippen LogP contribution in [-0.2, 0) is 9.59 Å². The lowest BCUT2D eigenvalue weighted by Gasteiger charge is -2.18. The molecule has 0 bridgehead atoms. The van der Waals surface area contributed by atoms with Gasteiger partial charge < -0.3 is 15.4 Å². The number of aryl methyl sites for hydroxylation is 1. The molecule has 0 unspecified atom stereocenters. The van der Waals surface area contributed by atoms with Gasteiger partial charge in [-0.15, -0.1) is 0 Å². The first-order valence-corrected chi connectivity index (χ1v) is 9.05. The molecule has 2 N–H and O–H groups in total. The van der Waals surface area contributed by atoms with Crippen LogP contribution in [0.3, 0.4) is 0 Å². The summed E-state index contributed by atoms with van der Waals surface area (Å²) in [5, 5.41) is 5.68. The summed E-state index contributed by atoms with van der Waals surface area (Å²) in [6.07, 6.45) is 0. The van der Waals surface area contributed by atoms with E-state index in [2.05, 4.69) is 26.6 Å². The molecule has 138 valence electrons. The number of carbonyl (C=O) groups excluding carboxylic acids is 2. The summed E-state index contributed by atoms with van der Waals surface area (Å²) in [5.74, 6) is 0.263. The Hall–Kier alpha value is -2.34. The van der Waals surface area contributed by atoms with Gasteiger partial charge in [-0.05, 0) is 48.9 Å². The minimum atomic E-state index is -0.493. The molecule has 2 aromatic carbocycles. The molecular formula is C20H23BrN2O3. The highest BCUT2D eigenvalue weighted by atomic mass is 79.9. The molecule has 2 amide bonds. The highest BCUT2D eigenvalue weighted by Crippen LogP contribution is 2.23. The number of amides is 2. The fraction of sp³-hybridized carbons (Fsp3) is 0.300. The van der Waals surface area contributed by atoms with Crippen LogP contribution >= 0.6 is 15.9 Å². The third kappa shape index (κ3) is 5.88. The average molecular weight is 419 g/mol. The van der Waals surface area contributed by atoms with E-state index in [0.29, 0.717) is 17.1 Å². The van der Waals surface area contributed by atoms with Gasteiger partial charge >= 0.3 is 0 Å². The number of carbonyl (C=O) groups is 2. The molecule has 0 radical (unpaired) electrons. The average Bonchev–Trinajstić information content (AvgIpc) is 2.56. The van der Waals surface area contributed by atoms with Crippen LogP contribution in [0.2, 0.25) is 0 Å². The number of halogens is 1. The highest BCUT2D eigenvalue weighted by molar-refractivity contribution is 9.10. The second kappa shape index (κ2) is 8.36. The van der Waals surface area contributed by atoms with Crippen molar-refractivity contribution in [3.63, 3.8) is 0 Å². The van der Waals surface area contributed by atoms with E-state index in [4.69, 9.17) is 4.74 Å². The maximum Gasteiger partial charge on any atom is 0.262 e. The lowest BCUT2D eigenvalue weighted by Crippen LogP contribution is -2.27. The zero-order valence-electron chi connectivity index (χ0n) is 15.4. The summed E-state index contributed by atoms with van der Waals surface area (Å²) >= 11 is 3.35. The quantitative estimate of drug-likeness (QED) is 0.735. The maximum absolute atomic E-state index is 12.2. The van der Waals surface area contributed by atoms with Crippen molar-refractivity contribution < 1.29 is 14.3 Å². The van der Waals surface area contributed by atoms with Crippen LogP contribution in [0.1, 0.15) is 26.3 Å². The molecule has 0 aliphatic rings. The predicted molar refractivity (Wildman–Crippen MR) is 108 cm³/mol. The van der Waals surface area contributed by atoms with E-state index in [9.17, 15) is 9.59 Å². The van der Waals surface area contributed by atoms with E-state index < -0.39 is 5.41 Å². The van der Waals surface area contributed by atoms with E-state index in [1.54, 1.807) is 18.2 Å². The number of nitrogens with one attached hydrogen (secondary N) is 2. The number of hydrogen-bond donors (Lipinski definition) is 2. The molecule has 0 fully saturated rings. The maximum atomic E-state index is 12.2. The van der Waals surface area contributed by atoms with Gasteiger partial charge in [-0.25, -0.2) is 0 Å². The Morgan fingerprint density at radius 2 is 1.69 bits per heavy atom. The fourth-order valence-corrected chi connectivity index (χ4v) is 2.28. The molecule has 0 heterocycles. The summed E-state index contributed by atoms with van der Waals surface area (Å²) in [5.41, 5.74) is 1.68. The molecule has 0 saturated heterocycles. The first-order chi connectivity index (χ1) is 12.1. The van der Waals surface area contributed by atoms with Gasteiger partial charge in [-0.1, -0.05) is 42.8 Å².